The van der Waals surface area contributed by atoms with Gasteiger partial charge in [0.1, 0.15) is 5.75 Å². The van der Waals surface area contributed by atoms with Gasteiger partial charge in [-0.1, -0.05) is 17.7 Å². The largest absolute Gasteiger partial charge is 0.482 e. The van der Waals surface area contributed by atoms with E-state index in [0.29, 0.717) is 34.5 Å². The summed E-state index contributed by atoms with van der Waals surface area (Å²) in [6, 6.07) is 12.5. The van der Waals surface area contributed by atoms with Crippen LogP contribution in [0, 0.1) is 0 Å². The number of halogens is 1. The molecule has 30 heavy (non-hydrogen) atoms. The van der Waals surface area contributed by atoms with Crippen LogP contribution in [0.15, 0.2) is 53.1 Å². The minimum Gasteiger partial charge on any atom is -0.482 e. The maximum absolute atomic E-state index is 12.4. The van der Waals surface area contributed by atoms with Gasteiger partial charge in [0, 0.05) is 23.4 Å². The Hall–Kier alpha value is -3.32. The first-order valence-corrected chi connectivity index (χ1v) is 9.92. The number of nitrogens with one attached hydrogen (secondary N) is 2. The first-order chi connectivity index (χ1) is 14.5. The van der Waals surface area contributed by atoms with Crippen LogP contribution in [0.1, 0.15) is 30.8 Å². The normalized spacial score (nSPS) is 13.7. The average molecular weight is 426 g/mol. The minimum absolute atomic E-state index is 0.0131. The van der Waals surface area contributed by atoms with Gasteiger partial charge in [0.15, 0.2) is 18.3 Å². The van der Waals surface area contributed by atoms with Crippen LogP contribution < -0.4 is 15.4 Å². The first kappa shape index (κ1) is 20.0. The molecular formula is C22H20ClN3O4. The van der Waals surface area contributed by atoms with Crippen molar-refractivity contribution in [3.63, 3.8) is 0 Å². The molecule has 1 unspecified atom stereocenters. The molecule has 1 atom stereocenters. The lowest BCUT2D eigenvalue weighted by atomic mass is 10.1. The van der Waals surface area contributed by atoms with Crippen LogP contribution in [-0.2, 0) is 16.0 Å². The second kappa shape index (κ2) is 8.59. The zero-order valence-corrected chi connectivity index (χ0v) is 17.0. The lowest BCUT2D eigenvalue weighted by Gasteiger charge is -2.21. The van der Waals surface area contributed by atoms with Crippen molar-refractivity contribution < 1.29 is 18.7 Å². The number of amides is 2. The molecule has 0 saturated heterocycles. The molecule has 4 rings (SSSR count). The summed E-state index contributed by atoms with van der Waals surface area (Å²) >= 11 is 5.90. The third-order valence-corrected chi connectivity index (χ3v) is 5.01. The third-order valence-electron chi connectivity index (χ3n) is 4.76. The highest BCUT2D eigenvalue weighted by Gasteiger charge is 2.18. The second-order valence-corrected chi connectivity index (χ2v) is 7.44. The zero-order chi connectivity index (χ0) is 21.1. The molecule has 0 radical (unpaired) electrons. The van der Waals surface area contributed by atoms with Crippen molar-refractivity contribution in [1.82, 2.24) is 10.3 Å². The lowest BCUT2D eigenvalue weighted by molar-refractivity contribution is -0.122. The molecule has 2 amide bonds. The molecule has 0 saturated carbocycles. The molecule has 2 aromatic carbocycles. The first-order valence-electron chi connectivity index (χ1n) is 9.54. The maximum atomic E-state index is 12.4. The fraction of sp³-hybridized carbons (Fsp3) is 0.227. The van der Waals surface area contributed by atoms with Crippen molar-refractivity contribution >= 4 is 29.1 Å². The van der Waals surface area contributed by atoms with Crippen molar-refractivity contribution in [2.45, 2.75) is 25.8 Å². The van der Waals surface area contributed by atoms with Gasteiger partial charge in [0.05, 0.1) is 17.9 Å². The predicted octanol–water partition coefficient (Wildman–Crippen LogP) is 4.14. The number of aromatic nitrogens is 1. The van der Waals surface area contributed by atoms with Crippen molar-refractivity contribution in [3.05, 3.63) is 65.1 Å². The number of oxazole rings is 1. The van der Waals surface area contributed by atoms with Gasteiger partial charge in [-0.3, -0.25) is 9.59 Å². The van der Waals surface area contributed by atoms with E-state index in [4.69, 9.17) is 20.8 Å². The molecule has 154 valence electrons. The van der Waals surface area contributed by atoms with Gasteiger partial charge in [-0.2, -0.15) is 0 Å². The quantitative estimate of drug-likeness (QED) is 0.619. The number of hydrogen-bond acceptors (Lipinski definition) is 5. The average Bonchev–Trinajstić information content (AvgIpc) is 3.21. The molecule has 2 heterocycles. The Morgan fingerprint density at radius 2 is 2.07 bits per heavy atom. The van der Waals surface area contributed by atoms with Gasteiger partial charge >= 0.3 is 0 Å². The van der Waals surface area contributed by atoms with E-state index in [0.717, 1.165) is 11.1 Å². The number of ether oxygens (including phenoxy) is 1. The smallest absolute Gasteiger partial charge is 0.262 e. The Morgan fingerprint density at radius 1 is 1.27 bits per heavy atom. The van der Waals surface area contributed by atoms with Gasteiger partial charge in [-0.15, -0.1) is 0 Å². The molecule has 0 aliphatic carbocycles. The topological polar surface area (TPSA) is 93.5 Å². The third kappa shape index (κ3) is 4.63. The predicted molar refractivity (Wildman–Crippen MR) is 112 cm³/mol. The molecule has 1 aromatic heterocycles. The van der Waals surface area contributed by atoms with Crippen molar-refractivity contribution in [2.24, 2.45) is 0 Å². The molecule has 0 spiro atoms. The van der Waals surface area contributed by atoms with Crippen LogP contribution in [0.4, 0.5) is 5.69 Å². The van der Waals surface area contributed by atoms with E-state index >= 15 is 0 Å². The van der Waals surface area contributed by atoms with E-state index in [9.17, 15) is 9.59 Å². The Labute approximate surface area is 178 Å². The van der Waals surface area contributed by atoms with Crippen LogP contribution >= 0.6 is 11.6 Å². The molecule has 2 N–H and O–H groups in total. The van der Waals surface area contributed by atoms with Gasteiger partial charge < -0.3 is 19.8 Å². The van der Waals surface area contributed by atoms with E-state index in [1.807, 2.05) is 31.2 Å². The fourth-order valence-corrected chi connectivity index (χ4v) is 3.29. The molecule has 7 nitrogen and oxygen atoms in total. The van der Waals surface area contributed by atoms with Crippen LogP contribution in [0.3, 0.4) is 0 Å². The Balaban J connectivity index is 1.32. The monoisotopic (exact) mass is 425 g/mol. The second-order valence-electron chi connectivity index (χ2n) is 7.01. The van der Waals surface area contributed by atoms with Gasteiger partial charge in [-0.25, -0.2) is 4.98 Å². The van der Waals surface area contributed by atoms with E-state index in [1.165, 1.54) is 0 Å². The minimum atomic E-state index is -0.226. The summed E-state index contributed by atoms with van der Waals surface area (Å²) in [4.78, 5) is 28.1. The van der Waals surface area contributed by atoms with Crippen LogP contribution in [0.25, 0.3) is 11.3 Å². The maximum Gasteiger partial charge on any atom is 0.262 e. The van der Waals surface area contributed by atoms with E-state index < -0.39 is 0 Å². The fourth-order valence-electron chi connectivity index (χ4n) is 3.16. The van der Waals surface area contributed by atoms with Crippen LogP contribution in [-0.4, -0.2) is 23.4 Å². The number of aryl methyl sites for hydroxylation is 1. The number of carbonyl (C=O) groups is 2. The van der Waals surface area contributed by atoms with Gasteiger partial charge in [0.2, 0.25) is 5.91 Å². The number of fused-ring (bicyclic) bond motifs is 1. The number of rotatable bonds is 6. The number of nitrogens with zero attached hydrogens (tertiary/aromatic N) is 1. The van der Waals surface area contributed by atoms with E-state index in [1.54, 1.807) is 24.4 Å². The summed E-state index contributed by atoms with van der Waals surface area (Å²) in [5.74, 6) is 1.44. The highest BCUT2D eigenvalue weighted by molar-refractivity contribution is 6.30. The van der Waals surface area contributed by atoms with E-state index in [-0.39, 0.29) is 30.9 Å². The summed E-state index contributed by atoms with van der Waals surface area (Å²) in [6.45, 7) is 1.90. The molecule has 1 aliphatic heterocycles. The van der Waals surface area contributed by atoms with Crippen molar-refractivity contribution in [2.75, 3.05) is 11.9 Å². The Bertz CT molecular complexity index is 1080. The molecule has 0 bridgehead atoms. The SMILES string of the molecule is CC(NC(=O)CCc1ncc(-c2ccc(Cl)cc2)o1)c1ccc2c(c1)NC(=O)CO2. The molecule has 0 fully saturated rings. The number of carbonyl (C=O) groups excluding carboxylic acids is 2. The highest BCUT2D eigenvalue weighted by Crippen LogP contribution is 2.30. The summed E-state index contributed by atoms with van der Waals surface area (Å²) in [5.41, 5.74) is 2.35. The molecule has 1 aliphatic rings. The van der Waals surface area contributed by atoms with Crippen LogP contribution in [0.2, 0.25) is 5.02 Å². The van der Waals surface area contributed by atoms with E-state index in [2.05, 4.69) is 15.6 Å². The zero-order valence-electron chi connectivity index (χ0n) is 16.3. The highest BCUT2D eigenvalue weighted by atomic mass is 35.5. The van der Waals surface area contributed by atoms with Gasteiger partial charge in [0.25, 0.3) is 5.91 Å². The summed E-state index contributed by atoms with van der Waals surface area (Å²) in [5, 5.41) is 6.37. The Kier molecular flexibility index (Phi) is 5.72. The summed E-state index contributed by atoms with van der Waals surface area (Å²) < 4.78 is 11.1. The number of hydrogen-bond donors (Lipinski definition) is 2. The Morgan fingerprint density at radius 3 is 2.87 bits per heavy atom. The van der Waals surface area contributed by atoms with Gasteiger partial charge in [-0.05, 0) is 48.9 Å². The standard InChI is InChI=1S/C22H20ClN3O4/c1-13(15-4-7-18-17(10-15)26-21(28)12-29-18)25-20(27)8-9-22-24-11-19(30-22)14-2-5-16(23)6-3-14/h2-7,10-11,13H,8-9,12H2,1H3,(H,25,27)(H,26,28). The summed E-state index contributed by atoms with van der Waals surface area (Å²) in [6.07, 6.45) is 2.28. The summed E-state index contributed by atoms with van der Waals surface area (Å²) in [7, 11) is 0. The number of benzene rings is 2. The molecule has 3 aromatic rings. The van der Waals surface area contributed by atoms with Crippen molar-refractivity contribution in [1.29, 1.82) is 0 Å². The lowest BCUT2D eigenvalue weighted by Crippen LogP contribution is -2.28. The molecule has 8 heteroatoms. The number of anilines is 1. The van der Waals surface area contributed by atoms with Crippen LogP contribution in [0.5, 0.6) is 5.75 Å². The van der Waals surface area contributed by atoms with Crippen molar-refractivity contribution in [3.8, 4) is 17.1 Å². The molecular weight excluding hydrogens is 406 g/mol.